The molecule has 0 amide bonds. The Bertz CT molecular complexity index is 1040. The van der Waals surface area contributed by atoms with E-state index < -0.39 is 10.0 Å². The van der Waals surface area contributed by atoms with Gasteiger partial charge in [-0.15, -0.1) is 0 Å². The van der Waals surface area contributed by atoms with E-state index in [0.29, 0.717) is 17.6 Å². The molecule has 2 atom stereocenters. The first-order valence-corrected chi connectivity index (χ1v) is 11.4. The highest BCUT2D eigenvalue weighted by atomic mass is 32.2. The van der Waals surface area contributed by atoms with E-state index in [4.69, 9.17) is 0 Å². The van der Waals surface area contributed by atoms with Crippen molar-refractivity contribution in [2.24, 2.45) is 5.92 Å². The Labute approximate surface area is 168 Å². The number of aliphatic hydroxyl groups excluding tert-OH is 1. The van der Waals surface area contributed by atoms with Crippen LogP contribution in [-0.4, -0.2) is 52.9 Å². The maximum atomic E-state index is 13.1. The molecule has 1 saturated heterocycles. The second-order valence-corrected chi connectivity index (χ2v) is 9.28. The lowest BCUT2D eigenvalue weighted by Gasteiger charge is -2.38. The molecule has 1 aliphatic rings. The van der Waals surface area contributed by atoms with Crippen molar-refractivity contribution >= 4 is 32.8 Å². The number of hydrogen-bond donors (Lipinski definition) is 2. The van der Waals surface area contributed by atoms with Gasteiger partial charge < -0.3 is 5.11 Å². The van der Waals surface area contributed by atoms with E-state index in [2.05, 4.69) is 30.5 Å². The zero-order valence-electron chi connectivity index (χ0n) is 15.2. The maximum absolute atomic E-state index is 13.1. The Hall–Kier alpha value is -1.91. The third-order valence-electron chi connectivity index (χ3n) is 5.17. The zero-order chi connectivity index (χ0) is 19.6. The standard InChI is InChI=1S/C19H22N4O3S2/c24-13-15-9-10-23(11-14-5-2-1-3-6-14)12-17(15)22-28(25,26)18-8-4-7-16-19(18)21-27-20-16/h1-8,15,17,22,24H,9-13H2. The van der Waals surface area contributed by atoms with Crippen molar-refractivity contribution in [3.8, 4) is 0 Å². The average molecular weight is 419 g/mol. The molecule has 28 heavy (non-hydrogen) atoms. The average Bonchev–Trinajstić information content (AvgIpc) is 3.17. The van der Waals surface area contributed by atoms with Crippen molar-refractivity contribution < 1.29 is 13.5 Å². The first-order valence-electron chi connectivity index (χ1n) is 9.17. The van der Waals surface area contributed by atoms with E-state index in [-0.39, 0.29) is 23.5 Å². The molecule has 148 valence electrons. The Balaban J connectivity index is 1.54. The molecule has 7 nitrogen and oxygen atoms in total. The number of aromatic nitrogens is 2. The van der Waals surface area contributed by atoms with Gasteiger partial charge in [-0.25, -0.2) is 13.1 Å². The SMILES string of the molecule is O=S(=O)(NC1CN(Cc2ccccc2)CCC1CO)c1cccc2nsnc12. The number of likely N-dealkylation sites (tertiary alicyclic amines) is 1. The highest BCUT2D eigenvalue weighted by Gasteiger charge is 2.33. The normalized spacial score (nSPS) is 21.2. The molecule has 1 aromatic heterocycles. The minimum absolute atomic E-state index is 0.0468. The molecular weight excluding hydrogens is 396 g/mol. The third-order valence-corrected chi connectivity index (χ3v) is 7.23. The first kappa shape index (κ1) is 19.4. The summed E-state index contributed by atoms with van der Waals surface area (Å²) < 4.78 is 37.2. The summed E-state index contributed by atoms with van der Waals surface area (Å²) in [5.41, 5.74) is 2.14. The smallest absolute Gasteiger partial charge is 0.243 e. The lowest BCUT2D eigenvalue weighted by Crippen LogP contribution is -2.53. The topological polar surface area (TPSA) is 95.4 Å². The lowest BCUT2D eigenvalue weighted by atomic mass is 9.93. The van der Waals surface area contributed by atoms with Gasteiger partial charge in [0.05, 0.1) is 11.7 Å². The predicted molar refractivity (Wildman–Crippen MR) is 108 cm³/mol. The van der Waals surface area contributed by atoms with Crippen LogP contribution in [-0.2, 0) is 16.6 Å². The molecule has 2 N–H and O–H groups in total. The van der Waals surface area contributed by atoms with E-state index in [0.717, 1.165) is 31.2 Å². The Morgan fingerprint density at radius 1 is 1.14 bits per heavy atom. The number of rotatable bonds is 6. The largest absolute Gasteiger partial charge is 0.396 e. The maximum Gasteiger partial charge on any atom is 0.243 e. The van der Waals surface area contributed by atoms with Crippen LogP contribution in [0.2, 0.25) is 0 Å². The van der Waals surface area contributed by atoms with Crippen molar-refractivity contribution in [2.75, 3.05) is 19.7 Å². The third kappa shape index (κ3) is 4.08. The first-order chi connectivity index (χ1) is 13.6. The molecule has 3 aromatic rings. The number of piperidine rings is 1. The molecule has 2 aromatic carbocycles. The Morgan fingerprint density at radius 2 is 1.96 bits per heavy atom. The fourth-order valence-corrected chi connectivity index (χ4v) is 5.73. The van der Waals surface area contributed by atoms with Crippen LogP contribution in [0.4, 0.5) is 0 Å². The quantitative estimate of drug-likeness (QED) is 0.634. The van der Waals surface area contributed by atoms with Crippen LogP contribution in [0.5, 0.6) is 0 Å². The number of aliphatic hydroxyl groups is 1. The monoisotopic (exact) mass is 418 g/mol. The molecule has 0 saturated carbocycles. The van der Waals surface area contributed by atoms with Gasteiger partial charge in [0.15, 0.2) is 0 Å². The van der Waals surface area contributed by atoms with E-state index in [1.54, 1.807) is 18.2 Å². The number of fused-ring (bicyclic) bond motifs is 1. The molecule has 2 heterocycles. The van der Waals surface area contributed by atoms with Crippen LogP contribution in [0.25, 0.3) is 11.0 Å². The van der Waals surface area contributed by atoms with Crippen molar-refractivity contribution in [3.05, 3.63) is 54.1 Å². The Kier molecular flexibility index (Phi) is 5.70. The second kappa shape index (κ2) is 8.22. The molecular formula is C19H22N4O3S2. The van der Waals surface area contributed by atoms with Crippen LogP contribution in [0.15, 0.2) is 53.4 Å². The molecule has 0 aliphatic carbocycles. The second-order valence-electron chi connectivity index (χ2n) is 7.07. The Morgan fingerprint density at radius 3 is 2.75 bits per heavy atom. The van der Waals surface area contributed by atoms with Crippen LogP contribution in [0.1, 0.15) is 12.0 Å². The summed E-state index contributed by atoms with van der Waals surface area (Å²) in [4.78, 5) is 2.36. The highest BCUT2D eigenvalue weighted by molar-refractivity contribution is 7.89. The number of nitrogens with one attached hydrogen (secondary N) is 1. The minimum atomic E-state index is -3.78. The number of hydrogen-bond acceptors (Lipinski definition) is 7. The lowest BCUT2D eigenvalue weighted by molar-refractivity contribution is 0.101. The van der Waals surface area contributed by atoms with Crippen molar-refractivity contribution in [1.82, 2.24) is 18.4 Å². The van der Waals surface area contributed by atoms with Crippen LogP contribution >= 0.6 is 11.7 Å². The predicted octanol–water partition coefficient (Wildman–Crippen LogP) is 1.85. The molecule has 4 rings (SSSR count). The molecule has 0 radical (unpaired) electrons. The summed E-state index contributed by atoms with van der Waals surface area (Å²) in [7, 11) is -3.78. The molecule has 1 aliphatic heterocycles. The molecule has 1 fully saturated rings. The van der Waals surface area contributed by atoms with Crippen LogP contribution in [0, 0.1) is 5.92 Å². The summed E-state index contributed by atoms with van der Waals surface area (Å²) in [6.45, 7) is 2.08. The fourth-order valence-electron chi connectivity index (χ4n) is 3.67. The van der Waals surface area contributed by atoms with Gasteiger partial charge in [0.25, 0.3) is 0 Å². The summed E-state index contributed by atoms with van der Waals surface area (Å²) >= 11 is 0.995. The van der Waals surface area contributed by atoms with Crippen molar-refractivity contribution in [3.63, 3.8) is 0 Å². The highest BCUT2D eigenvalue weighted by Crippen LogP contribution is 2.24. The summed E-state index contributed by atoms with van der Waals surface area (Å²) in [6, 6.07) is 14.7. The van der Waals surface area contributed by atoms with Gasteiger partial charge in [0.2, 0.25) is 10.0 Å². The van der Waals surface area contributed by atoms with E-state index >= 15 is 0 Å². The van der Waals surface area contributed by atoms with Gasteiger partial charge in [0, 0.05) is 31.7 Å². The molecule has 0 spiro atoms. The molecule has 2 unspecified atom stereocenters. The van der Waals surface area contributed by atoms with E-state index in [1.165, 1.54) is 5.56 Å². The van der Waals surface area contributed by atoms with Gasteiger partial charge in [-0.2, -0.15) is 8.75 Å². The molecule has 0 bridgehead atoms. The van der Waals surface area contributed by atoms with Gasteiger partial charge in [-0.1, -0.05) is 36.4 Å². The van der Waals surface area contributed by atoms with Gasteiger partial charge in [-0.3, -0.25) is 4.90 Å². The van der Waals surface area contributed by atoms with Gasteiger partial charge >= 0.3 is 0 Å². The summed E-state index contributed by atoms with van der Waals surface area (Å²) in [5, 5.41) is 9.77. The number of nitrogens with zero attached hydrogens (tertiary/aromatic N) is 3. The van der Waals surface area contributed by atoms with Crippen molar-refractivity contribution in [1.29, 1.82) is 0 Å². The number of benzene rings is 2. The van der Waals surface area contributed by atoms with Gasteiger partial charge in [0.1, 0.15) is 15.9 Å². The van der Waals surface area contributed by atoms with E-state index in [9.17, 15) is 13.5 Å². The zero-order valence-corrected chi connectivity index (χ0v) is 16.9. The number of sulfonamides is 1. The summed E-state index contributed by atoms with van der Waals surface area (Å²) in [5.74, 6) is -0.116. The van der Waals surface area contributed by atoms with Gasteiger partial charge in [-0.05, 0) is 30.7 Å². The molecule has 9 heteroatoms. The summed E-state index contributed by atoms with van der Waals surface area (Å²) in [6.07, 6.45) is 0.735. The fraction of sp³-hybridized carbons (Fsp3) is 0.368. The van der Waals surface area contributed by atoms with Crippen molar-refractivity contribution in [2.45, 2.75) is 23.9 Å². The minimum Gasteiger partial charge on any atom is -0.396 e. The van der Waals surface area contributed by atoms with Crippen LogP contribution < -0.4 is 4.72 Å². The van der Waals surface area contributed by atoms with E-state index in [1.807, 2.05) is 18.2 Å². The van der Waals surface area contributed by atoms with Crippen LogP contribution in [0.3, 0.4) is 0 Å².